The largest absolute Gasteiger partial charge is 0.298 e. The number of halogens is 1. The standard InChI is InChI=1S/C23H15FN4O2S/c1-13-25-18-5-3-2-4-17(18)22(30)28(13)16-9-6-14(7-10-16)21(29)27-23-26-19-11-8-15(24)12-20(19)31-23/h2-12H,1H3,(H,26,27,29). The van der Waals surface area contributed by atoms with Crippen LogP contribution < -0.4 is 10.9 Å². The number of carbonyl (C=O) groups is 1. The van der Waals surface area contributed by atoms with Crippen molar-refractivity contribution >= 4 is 43.5 Å². The van der Waals surface area contributed by atoms with Crippen LogP contribution in [-0.4, -0.2) is 20.4 Å². The van der Waals surface area contributed by atoms with Crippen LogP contribution in [0.4, 0.5) is 9.52 Å². The Balaban J connectivity index is 1.44. The van der Waals surface area contributed by atoms with Crippen molar-refractivity contribution in [1.82, 2.24) is 14.5 Å². The lowest BCUT2D eigenvalue weighted by Gasteiger charge is -2.11. The summed E-state index contributed by atoms with van der Waals surface area (Å²) in [7, 11) is 0. The number of benzene rings is 3. The molecule has 0 saturated heterocycles. The van der Waals surface area contributed by atoms with E-state index >= 15 is 0 Å². The normalized spacial score (nSPS) is 11.2. The number of anilines is 1. The lowest BCUT2D eigenvalue weighted by molar-refractivity contribution is 0.102. The Hall–Kier alpha value is -3.91. The molecule has 5 rings (SSSR count). The van der Waals surface area contributed by atoms with Gasteiger partial charge in [0.1, 0.15) is 11.6 Å². The summed E-state index contributed by atoms with van der Waals surface area (Å²) < 4.78 is 15.5. The molecule has 0 aliphatic rings. The molecule has 1 N–H and O–H groups in total. The highest BCUT2D eigenvalue weighted by atomic mass is 32.1. The molecule has 0 radical (unpaired) electrons. The minimum absolute atomic E-state index is 0.165. The lowest BCUT2D eigenvalue weighted by Crippen LogP contribution is -2.22. The average molecular weight is 430 g/mol. The SMILES string of the molecule is Cc1nc2ccccc2c(=O)n1-c1ccc(C(=O)Nc2nc3ccc(F)cc3s2)cc1. The summed E-state index contributed by atoms with van der Waals surface area (Å²) in [6.07, 6.45) is 0. The van der Waals surface area contributed by atoms with Gasteiger partial charge in [0.25, 0.3) is 11.5 Å². The van der Waals surface area contributed by atoms with E-state index in [4.69, 9.17) is 0 Å². The maximum Gasteiger partial charge on any atom is 0.265 e. The molecule has 1 amide bonds. The molecule has 0 saturated carbocycles. The quantitative estimate of drug-likeness (QED) is 0.450. The van der Waals surface area contributed by atoms with Gasteiger partial charge in [-0.25, -0.2) is 14.4 Å². The van der Waals surface area contributed by atoms with E-state index in [9.17, 15) is 14.0 Å². The number of hydrogen-bond donors (Lipinski definition) is 1. The van der Waals surface area contributed by atoms with E-state index in [1.54, 1.807) is 55.5 Å². The highest BCUT2D eigenvalue weighted by Crippen LogP contribution is 2.27. The Morgan fingerprint density at radius 3 is 2.58 bits per heavy atom. The number of aromatic nitrogens is 3. The second-order valence-electron chi connectivity index (χ2n) is 6.95. The van der Waals surface area contributed by atoms with Gasteiger partial charge in [0.2, 0.25) is 0 Å². The molecule has 5 aromatic rings. The molecule has 0 fully saturated rings. The highest BCUT2D eigenvalue weighted by molar-refractivity contribution is 7.22. The number of thiazole rings is 1. The second-order valence-corrected chi connectivity index (χ2v) is 7.98. The van der Waals surface area contributed by atoms with Crippen LogP contribution in [0.2, 0.25) is 0 Å². The van der Waals surface area contributed by atoms with Gasteiger partial charge in [-0.05, 0) is 61.5 Å². The molecule has 2 heterocycles. The third kappa shape index (κ3) is 3.47. The van der Waals surface area contributed by atoms with Crippen LogP contribution in [0.1, 0.15) is 16.2 Å². The maximum atomic E-state index is 13.4. The number of amides is 1. The monoisotopic (exact) mass is 430 g/mol. The van der Waals surface area contributed by atoms with Gasteiger partial charge in [0.05, 0.1) is 26.8 Å². The van der Waals surface area contributed by atoms with Crippen molar-refractivity contribution in [3.8, 4) is 5.69 Å². The van der Waals surface area contributed by atoms with Crippen LogP contribution in [0.15, 0.2) is 71.5 Å². The van der Waals surface area contributed by atoms with E-state index in [1.165, 1.54) is 28.0 Å². The third-order valence-electron chi connectivity index (χ3n) is 4.90. The van der Waals surface area contributed by atoms with Gasteiger partial charge in [0.15, 0.2) is 5.13 Å². The molecule has 8 heteroatoms. The predicted molar refractivity (Wildman–Crippen MR) is 120 cm³/mol. The third-order valence-corrected chi connectivity index (χ3v) is 5.84. The van der Waals surface area contributed by atoms with E-state index in [0.717, 1.165) is 0 Å². The molecule has 6 nitrogen and oxygen atoms in total. The van der Waals surface area contributed by atoms with Crippen LogP contribution in [0.3, 0.4) is 0 Å². The number of para-hydroxylation sites is 1. The molecule has 0 spiro atoms. The van der Waals surface area contributed by atoms with Crippen LogP contribution >= 0.6 is 11.3 Å². The lowest BCUT2D eigenvalue weighted by atomic mass is 10.2. The Kier molecular flexibility index (Phi) is 4.56. The summed E-state index contributed by atoms with van der Waals surface area (Å²) >= 11 is 1.20. The summed E-state index contributed by atoms with van der Waals surface area (Å²) in [6, 6.07) is 18.2. The summed E-state index contributed by atoms with van der Waals surface area (Å²) in [5.41, 5.74) is 2.13. The van der Waals surface area contributed by atoms with Crippen LogP contribution in [0.25, 0.3) is 26.8 Å². The number of carbonyl (C=O) groups excluding carboxylic acids is 1. The Labute approximate surface area is 179 Å². The minimum atomic E-state index is -0.349. The van der Waals surface area contributed by atoms with Crippen molar-refractivity contribution in [2.45, 2.75) is 6.92 Å². The van der Waals surface area contributed by atoms with Gasteiger partial charge in [-0.1, -0.05) is 23.5 Å². The van der Waals surface area contributed by atoms with Crippen molar-refractivity contribution < 1.29 is 9.18 Å². The van der Waals surface area contributed by atoms with Crippen molar-refractivity contribution in [1.29, 1.82) is 0 Å². The molecule has 0 bridgehead atoms. The fourth-order valence-electron chi connectivity index (χ4n) is 3.43. The summed E-state index contributed by atoms with van der Waals surface area (Å²) in [5.74, 6) is -0.132. The van der Waals surface area contributed by atoms with Crippen LogP contribution in [0, 0.1) is 12.7 Å². The van der Waals surface area contributed by atoms with Crippen molar-refractivity contribution in [2.75, 3.05) is 5.32 Å². The fraction of sp³-hybridized carbons (Fsp3) is 0.0435. The molecule has 0 unspecified atom stereocenters. The molecule has 0 aliphatic heterocycles. The first-order valence-corrected chi connectivity index (χ1v) is 10.3. The van der Waals surface area contributed by atoms with E-state index in [1.807, 2.05) is 6.07 Å². The van der Waals surface area contributed by atoms with Crippen molar-refractivity contribution in [2.24, 2.45) is 0 Å². The van der Waals surface area contributed by atoms with Gasteiger partial charge in [-0.15, -0.1) is 0 Å². The topological polar surface area (TPSA) is 76.9 Å². The first kappa shape index (κ1) is 19.1. The van der Waals surface area contributed by atoms with Gasteiger partial charge < -0.3 is 0 Å². The van der Waals surface area contributed by atoms with Gasteiger partial charge in [0, 0.05) is 5.56 Å². The molecule has 3 aromatic carbocycles. The summed E-state index contributed by atoms with van der Waals surface area (Å²) in [6.45, 7) is 1.77. The smallest absolute Gasteiger partial charge is 0.265 e. The minimum Gasteiger partial charge on any atom is -0.298 e. The molecule has 0 aliphatic carbocycles. The Morgan fingerprint density at radius 1 is 1.00 bits per heavy atom. The number of rotatable bonds is 3. The fourth-order valence-corrected chi connectivity index (χ4v) is 4.32. The van der Waals surface area contributed by atoms with E-state index in [-0.39, 0.29) is 17.3 Å². The maximum absolute atomic E-state index is 13.4. The first-order valence-electron chi connectivity index (χ1n) is 9.46. The number of hydrogen-bond acceptors (Lipinski definition) is 5. The van der Waals surface area contributed by atoms with Gasteiger partial charge >= 0.3 is 0 Å². The van der Waals surface area contributed by atoms with Crippen molar-refractivity contribution in [3.63, 3.8) is 0 Å². The first-order chi connectivity index (χ1) is 15.0. The Morgan fingerprint density at radius 2 is 1.77 bits per heavy atom. The second kappa shape index (κ2) is 7.41. The highest BCUT2D eigenvalue weighted by Gasteiger charge is 2.13. The zero-order valence-electron chi connectivity index (χ0n) is 16.3. The molecular weight excluding hydrogens is 415 g/mol. The summed E-state index contributed by atoms with van der Waals surface area (Å²) in [4.78, 5) is 34.3. The molecule has 2 aromatic heterocycles. The van der Waals surface area contributed by atoms with Gasteiger partial charge in [-0.2, -0.15) is 0 Å². The molecule has 31 heavy (non-hydrogen) atoms. The Bertz CT molecular complexity index is 1520. The van der Waals surface area contributed by atoms with Crippen molar-refractivity contribution in [3.05, 3.63) is 94.3 Å². The molecular formula is C23H15FN4O2S. The zero-order chi connectivity index (χ0) is 21.5. The average Bonchev–Trinajstić information content (AvgIpc) is 3.15. The number of aryl methyl sites for hydroxylation is 1. The van der Waals surface area contributed by atoms with E-state index < -0.39 is 0 Å². The predicted octanol–water partition coefficient (Wildman–Crippen LogP) is 4.70. The van der Waals surface area contributed by atoms with E-state index in [0.29, 0.717) is 43.3 Å². The van der Waals surface area contributed by atoms with Crippen LogP contribution in [-0.2, 0) is 0 Å². The van der Waals surface area contributed by atoms with Crippen LogP contribution in [0.5, 0.6) is 0 Å². The molecule has 0 atom stereocenters. The summed E-state index contributed by atoms with van der Waals surface area (Å²) in [5, 5.41) is 3.66. The molecule has 152 valence electrons. The zero-order valence-corrected chi connectivity index (χ0v) is 17.1. The van der Waals surface area contributed by atoms with Gasteiger partial charge in [-0.3, -0.25) is 19.5 Å². The number of fused-ring (bicyclic) bond motifs is 2. The number of nitrogens with one attached hydrogen (secondary N) is 1. The number of nitrogens with zero attached hydrogens (tertiary/aromatic N) is 3. The van der Waals surface area contributed by atoms with E-state index in [2.05, 4.69) is 15.3 Å².